The molecule has 1 aliphatic carbocycles. The van der Waals surface area contributed by atoms with Crippen molar-refractivity contribution >= 4 is 22.7 Å². The quantitative estimate of drug-likeness (QED) is 0.448. The molecule has 0 saturated carbocycles. The molecule has 2 heterocycles. The smallest absolute Gasteiger partial charge is 0.209 e. The largest absolute Gasteiger partial charge is 0.237 e. The fraction of sp³-hybridized carbons (Fsp3) is 0.136. The Morgan fingerprint density at radius 1 is 1.07 bits per heavy atom. The van der Waals surface area contributed by atoms with Crippen molar-refractivity contribution < 1.29 is 4.39 Å². The molecule has 0 atom stereocenters. The lowest BCUT2D eigenvalue weighted by molar-refractivity contribution is 0.628. The highest BCUT2D eigenvalue weighted by molar-refractivity contribution is 7.15. The summed E-state index contributed by atoms with van der Waals surface area (Å²) in [5.74, 6) is -0.250. The van der Waals surface area contributed by atoms with Gasteiger partial charge in [-0.1, -0.05) is 41.7 Å². The third-order valence-corrected chi connectivity index (χ3v) is 5.89. The van der Waals surface area contributed by atoms with Crippen LogP contribution in [0, 0.1) is 12.7 Å². The van der Waals surface area contributed by atoms with Gasteiger partial charge in [-0.25, -0.2) is 19.0 Å². The molecule has 2 aromatic heterocycles. The maximum Gasteiger partial charge on any atom is 0.209 e. The molecule has 5 rings (SSSR count). The first kappa shape index (κ1) is 17.0. The number of aryl methyl sites for hydroxylation is 2. The first-order valence-electron chi connectivity index (χ1n) is 9.12. The van der Waals surface area contributed by atoms with E-state index in [1.54, 1.807) is 29.7 Å². The number of nitrogens with zero attached hydrogens (tertiary/aromatic N) is 4. The Kier molecular flexibility index (Phi) is 4.13. The number of halogens is 1. The van der Waals surface area contributed by atoms with Crippen molar-refractivity contribution in [3.63, 3.8) is 0 Å². The average molecular weight is 388 g/mol. The molecule has 0 radical (unpaired) electrons. The summed E-state index contributed by atoms with van der Waals surface area (Å²) in [5.41, 5.74) is 6.24. The molecule has 0 saturated heterocycles. The summed E-state index contributed by atoms with van der Waals surface area (Å²) >= 11 is 1.61. The molecular formula is C22H17FN4S. The second kappa shape index (κ2) is 6.80. The normalized spacial score (nSPS) is 12.9. The van der Waals surface area contributed by atoms with Gasteiger partial charge in [0.1, 0.15) is 5.82 Å². The van der Waals surface area contributed by atoms with Gasteiger partial charge in [-0.3, -0.25) is 0 Å². The summed E-state index contributed by atoms with van der Waals surface area (Å²) in [7, 11) is 0. The molecule has 138 valence electrons. The topological polar surface area (TPSA) is 43.1 Å². The van der Waals surface area contributed by atoms with E-state index >= 15 is 0 Å². The fourth-order valence-corrected chi connectivity index (χ4v) is 4.48. The Morgan fingerprint density at radius 2 is 1.86 bits per heavy atom. The molecular weight excluding hydrogens is 371 g/mol. The Morgan fingerprint density at radius 3 is 2.64 bits per heavy atom. The van der Waals surface area contributed by atoms with Crippen LogP contribution in [0.3, 0.4) is 0 Å². The van der Waals surface area contributed by atoms with E-state index in [1.165, 1.54) is 22.7 Å². The lowest BCUT2D eigenvalue weighted by atomic mass is 9.98. The Bertz CT molecular complexity index is 1170. The highest BCUT2D eigenvalue weighted by atomic mass is 32.1. The number of para-hydroxylation sites is 1. The first-order valence-corrected chi connectivity index (χ1v) is 9.94. The number of fused-ring (bicyclic) bond motifs is 3. The first-order chi connectivity index (χ1) is 13.7. The second-order valence-corrected chi connectivity index (χ2v) is 7.79. The molecule has 28 heavy (non-hydrogen) atoms. The second-order valence-electron chi connectivity index (χ2n) is 6.73. The zero-order valence-electron chi connectivity index (χ0n) is 15.3. The molecule has 1 aliphatic rings. The molecule has 0 unspecified atom stereocenters. The van der Waals surface area contributed by atoms with E-state index in [2.05, 4.69) is 17.1 Å². The molecule has 0 amide bonds. The summed E-state index contributed by atoms with van der Waals surface area (Å²) in [6.07, 6.45) is 3.59. The van der Waals surface area contributed by atoms with Crippen LogP contribution in [0.4, 0.5) is 9.52 Å². The molecule has 0 aliphatic heterocycles. The predicted molar refractivity (Wildman–Crippen MR) is 110 cm³/mol. The number of aliphatic imine (C=N–C) groups is 1. The van der Waals surface area contributed by atoms with Crippen molar-refractivity contribution in [2.24, 2.45) is 4.99 Å². The lowest BCUT2D eigenvalue weighted by Crippen LogP contribution is -2.07. The fourth-order valence-electron chi connectivity index (χ4n) is 3.57. The zero-order valence-corrected chi connectivity index (χ0v) is 16.1. The van der Waals surface area contributed by atoms with Gasteiger partial charge in [0.05, 0.1) is 22.8 Å². The summed E-state index contributed by atoms with van der Waals surface area (Å²) < 4.78 is 15.1. The van der Waals surface area contributed by atoms with E-state index in [0.717, 1.165) is 41.0 Å². The van der Waals surface area contributed by atoms with Gasteiger partial charge >= 0.3 is 0 Å². The number of thiazole rings is 1. The van der Waals surface area contributed by atoms with Crippen LogP contribution in [0.15, 0.2) is 59.6 Å². The van der Waals surface area contributed by atoms with Gasteiger partial charge in [-0.2, -0.15) is 5.10 Å². The van der Waals surface area contributed by atoms with Crippen LogP contribution in [0.5, 0.6) is 0 Å². The monoisotopic (exact) mass is 388 g/mol. The van der Waals surface area contributed by atoms with Crippen molar-refractivity contribution in [2.45, 2.75) is 19.8 Å². The highest BCUT2D eigenvalue weighted by Gasteiger charge is 2.27. The van der Waals surface area contributed by atoms with Crippen LogP contribution in [0.2, 0.25) is 0 Å². The van der Waals surface area contributed by atoms with Crippen LogP contribution in [0.25, 0.3) is 16.9 Å². The van der Waals surface area contributed by atoms with Crippen molar-refractivity contribution in [2.75, 3.05) is 0 Å². The van der Waals surface area contributed by atoms with Crippen LogP contribution >= 0.6 is 11.3 Å². The number of aromatic nitrogens is 3. The third kappa shape index (κ3) is 2.96. The van der Waals surface area contributed by atoms with Crippen LogP contribution in [-0.2, 0) is 12.8 Å². The molecule has 0 spiro atoms. The minimum Gasteiger partial charge on any atom is -0.237 e. The SMILES string of the molecule is Cc1nn(-c2ccccc2)c2c1-c1nc(/N=C/c3ccc(F)cc3)sc1CC2. The van der Waals surface area contributed by atoms with Gasteiger partial charge in [0.25, 0.3) is 0 Å². The molecule has 0 N–H and O–H groups in total. The van der Waals surface area contributed by atoms with Crippen LogP contribution < -0.4 is 0 Å². The van der Waals surface area contributed by atoms with E-state index < -0.39 is 0 Å². The van der Waals surface area contributed by atoms with Crippen LogP contribution in [-0.4, -0.2) is 21.0 Å². The van der Waals surface area contributed by atoms with Gasteiger partial charge in [0.15, 0.2) is 0 Å². The van der Waals surface area contributed by atoms with E-state index in [4.69, 9.17) is 10.1 Å². The summed E-state index contributed by atoms with van der Waals surface area (Å²) in [6.45, 7) is 2.04. The maximum absolute atomic E-state index is 13.0. The van der Waals surface area contributed by atoms with E-state index in [1.807, 2.05) is 29.8 Å². The van der Waals surface area contributed by atoms with Crippen molar-refractivity contribution in [3.05, 3.63) is 82.2 Å². The Hall–Kier alpha value is -3.12. The summed E-state index contributed by atoms with van der Waals surface area (Å²) in [5, 5.41) is 5.50. The molecule has 4 nitrogen and oxygen atoms in total. The molecule has 0 fully saturated rings. The third-order valence-electron chi connectivity index (χ3n) is 4.86. The average Bonchev–Trinajstić information content (AvgIpc) is 3.29. The predicted octanol–water partition coefficient (Wildman–Crippen LogP) is 5.29. The van der Waals surface area contributed by atoms with Gasteiger partial charge in [0, 0.05) is 16.7 Å². The summed E-state index contributed by atoms with van der Waals surface area (Å²) in [4.78, 5) is 10.5. The van der Waals surface area contributed by atoms with Gasteiger partial charge in [0.2, 0.25) is 5.13 Å². The minimum absolute atomic E-state index is 0.250. The minimum atomic E-state index is -0.250. The Balaban J connectivity index is 1.52. The number of rotatable bonds is 3. The van der Waals surface area contributed by atoms with E-state index in [0.29, 0.717) is 5.13 Å². The van der Waals surface area contributed by atoms with E-state index in [9.17, 15) is 4.39 Å². The van der Waals surface area contributed by atoms with Gasteiger partial charge in [-0.15, -0.1) is 0 Å². The zero-order chi connectivity index (χ0) is 19.1. The molecule has 2 aromatic carbocycles. The Labute approximate surface area is 166 Å². The van der Waals surface area contributed by atoms with Crippen molar-refractivity contribution in [1.82, 2.24) is 14.8 Å². The molecule has 0 bridgehead atoms. The lowest BCUT2D eigenvalue weighted by Gasteiger charge is -2.13. The van der Waals surface area contributed by atoms with Crippen LogP contribution in [0.1, 0.15) is 21.8 Å². The summed E-state index contributed by atoms with van der Waals surface area (Å²) in [6, 6.07) is 16.5. The number of benzene rings is 2. The molecule has 6 heteroatoms. The molecule has 4 aromatic rings. The van der Waals surface area contributed by atoms with E-state index in [-0.39, 0.29) is 5.82 Å². The van der Waals surface area contributed by atoms with Gasteiger partial charge < -0.3 is 0 Å². The maximum atomic E-state index is 13.0. The van der Waals surface area contributed by atoms with Crippen molar-refractivity contribution in [1.29, 1.82) is 0 Å². The highest BCUT2D eigenvalue weighted by Crippen LogP contribution is 2.41. The standard InChI is InChI=1S/C22H17FN4S/c1-14-20-18(27(26-14)17-5-3-2-4-6-17)11-12-19-21(20)25-22(28-19)24-13-15-7-9-16(23)10-8-15/h2-10,13H,11-12H2,1H3/b24-13+. The van der Waals surface area contributed by atoms with Gasteiger partial charge in [-0.05, 0) is 49.6 Å². The van der Waals surface area contributed by atoms with Crippen molar-refractivity contribution in [3.8, 4) is 16.9 Å². The number of hydrogen-bond acceptors (Lipinski definition) is 4. The number of hydrogen-bond donors (Lipinski definition) is 0.